The van der Waals surface area contributed by atoms with Gasteiger partial charge in [-0.05, 0) is 92.3 Å². The second kappa shape index (κ2) is 9.51. The van der Waals surface area contributed by atoms with Gasteiger partial charge in [-0.2, -0.15) is 8.42 Å². The van der Waals surface area contributed by atoms with Crippen molar-refractivity contribution in [2.24, 2.45) is 46.3 Å². The fraction of sp³-hybridized carbons (Fsp3) is 0.889. The first kappa shape index (κ1) is 26.2. The molecule has 0 bridgehead atoms. The minimum Gasteiger partial charge on any atom is -0.481 e. The Labute approximate surface area is 205 Å². The van der Waals surface area contributed by atoms with Gasteiger partial charge in [-0.15, -0.1) is 0 Å². The summed E-state index contributed by atoms with van der Waals surface area (Å²) in [4.78, 5) is 12.8. The van der Waals surface area contributed by atoms with Crippen LogP contribution in [0, 0.1) is 46.3 Å². The molecule has 4 rings (SSSR count). The van der Waals surface area contributed by atoms with Gasteiger partial charge in [-0.25, -0.2) is 4.18 Å². The molecule has 0 saturated heterocycles. The quantitative estimate of drug-likeness (QED) is 0.303. The van der Waals surface area contributed by atoms with Crippen molar-refractivity contribution in [2.75, 3.05) is 0 Å². The van der Waals surface area contributed by atoms with Gasteiger partial charge in [0.2, 0.25) is 0 Å². The predicted octanol–water partition coefficient (Wildman–Crippen LogP) is 6.28. The summed E-state index contributed by atoms with van der Waals surface area (Å²) in [5.74, 6) is 2.46. The van der Waals surface area contributed by atoms with Gasteiger partial charge in [0.25, 0.3) is 0 Å². The van der Waals surface area contributed by atoms with E-state index in [9.17, 15) is 18.3 Å². The van der Waals surface area contributed by atoms with Crippen LogP contribution in [0.15, 0.2) is 11.6 Å². The normalized spacial score (nSPS) is 40.8. The van der Waals surface area contributed by atoms with E-state index < -0.39 is 27.9 Å². The molecule has 194 valence electrons. The predicted molar refractivity (Wildman–Crippen MR) is 131 cm³/mol. The number of hydrogen-bond acceptors (Lipinski definition) is 4. The Morgan fingerprint density at radius 3 is 2.50 bits per heavy atom. The number of hydrogen-bond donors (Lipinski definition) is 2. The van der Waals surface area contributed by atoms with Gasteiger partial charge < -0.3 is 5.11 Å². The summed E-state index contributed by atoms with van der Waals surface area (Å²) < 4.78 is 36.5. The van der Waals surface area contributed by atoms with Crippen LogP contribution in [0.3, 0.4) is 0 Å². The van der Waals surface area contributed by atoms with E-state index in [1.807, 2.05) is 0 Å². The van der Waals surface area contributed by atoms with Crippen molar-refractivity contribution in [2.45, 2.75) is 104 Å². The van der Waals surface area contributed by atoms with E-state index in [-0.39, 0.29) is 17.8 Å². The monoisotopic (exact) mass is 496 g/mol. The van der Waals surface area contributed by atoms with Crippen LogP contribution in [-0.4, -0.2) is 30.2 Å². The lowest BCUT2D eigenvalue weighted by Gasteiger charge is -2.57. The van der Waals surface area contributed by atoms with Gasteiger partial charge in [0.15, 0.2) is 0 Å². The second-order valence-electron chi connectivity index (χ2n) is 12.5. The van der Waals surface area contributed by atoms with Crippen LogP contribution in [0.25, 0.3) is 0 Å². The number of rotatable bonds is 8. The third-order valence-corrected chi connectivity index (χ3v) is 10.9. The molecule has 0 aromatic rings. The van der Waals surface area contributed by atoms with Crippen molar-refractivity contribution in [1.82, 2.24) is 0 Å². The van der Waals surface area contributed by atoms with Crippen LogP contribution in [0.2, 0.25) is 0 Å². The molecular weight excluding hydrogens is 452 g/mol. The van der Waals surface area contributed by atoms with Crippen molar-refractivity contribution < 1.29 is 27.1 Å². The maximum Gasteiger partial charge on any atom is 0.397 e. The Hall–Kier alpha value is -0.920. The molecule has 3 fully saturated rings. The molecule has 0 heterocycles. The Kier molecular flexibility index (Phi) is 7.32. The number of carbonyl (C=O) groups is 1. The largest absolute Gasteiger partial charge is 0.481 e. The van der Waals surface area contributed by atoms with E-state index in [1.54, 1.807) is 0 Å². The van der Waals surface area contributed by atoms with Gasteiger partial charge >= 0.3 is 16.4 Å². The molecule has 0 aromatic heterocycles. The van der Waals surface area contributed by atoms with E-state index in [4.69, 9.17) is 8.74 Å². The molecule has 0 amide bonds. The van der Waals surface area contributed by atoms with Crippen LogP contribution in [0.1, 0.15) is 98.3 Å². The molecule has 4 aliphatic carbocycles. The first-order valence-electron chi connectivity index (χ1n) is 13.5. The van der Waals surface area contributed by atoms with Crippen LogP contribution in [-0.2, 0) is 19.4 Å². The maximum absolute atomic E-state index is 12.8. The number of carboxylic acid groups (broad SMARTS) is 1. The van der Waals surface area contributed by atoms with Crippen molar-refractivity contribution in [3.63, 3.8) is 0 Å². The zero-order chi connectivity index (χ0) is 24.9. The fourth-order valence-corrected chi connectivity index (χ4v) is 9.46. The minimum atomic E-state index is -4.55. The number of fused-ring (bicyclic) bond motifs is 5. The molecule has 0 aromatic carbocycles. The van der Waals surface area contributed by atoms with Crippen molar-refractivity contribution in [3.8, 4) is 0 Å². The number of carboxylic acids is 1. The molecule has 3 saturated carbocycles. The first-order chi connectivity index (χ1) is 15.9. The highest BCUT2D eigenvalue weighted by Crippen LogP contribution is 2.67. The van der Waals surface area contributed by atoms with Gasteiger partial charge in [0.05, 0.1) is 11.5 Å². The molecular formula is C27H44O6S. The fourth-order valence-electron chi connectivity index (χ4n) is 8.96. The average Bonchev–Trinajstić information content (AvgIpc) is 3.09. The Morgan fingerprint density at radius 1 is 1.12 bits per heavy atom. The highest BCUT2D eigenvalue weighted by molar-refractivity contribution is 7.80. The molecule has 4 aliphatic rings. The second-order valence-corrected chi connectivity index (χ2v) is 13.6. The third kappa shape index (κ3) is 4.61. The number of allylic oxidation sites excluding steroid dienone is 1. The molecule has 7 heteroatoms. The molecule has 0 spiro atoms. The highest BCUT2D eigenvalue weighted by Gasteiger charge is 2.62. The smallest absolute Gasteiger partial charge is 0.397 e. The molecule has 34 heavy (non-hydrogen) atoms. The molecule has 8 atom stereocenters. The standard InChI is InChI=1S/C27H44O6S/c1-17(2)6-5-7-18(3)22-10-11-23-21-9-8-19-16-20(33-34(30,31)32)12-15-27(19,25(28)29)24(21)13-14-26(22,23)4/h8,17-18,20-24H,5-7,9-16H2,1-4H3,(H,28,29)(H,30,31,32)/t18-,20+,21?,22-,23?,24?,26-,27-/m1/s1. The summed E-state index contributed by atoms with van der Waals surface area (Å²) in [7, 11) is -4.55. The van der Waals surface area contributed by atoms with Gasteiger partial charge in [0, 0.05) is 0 Å². The van der Waals surface area contributed by atoms with E-state index >= 15 is 0 Å². The van der Waals surface area contributed by atoms with Crippen molar-refractivity contribution in [3.05, 3.63) is 11.6 Å². The van der Waals surface area contributed by atoms with Crippen LogP contribution in [0.4, 0.5) is 0 Å². The van der Waals surface area contributed by atoms with Crippen LogP contribution in [0.5, 0.6) is 0 Å². The highest BCUT2D eigenvalue weighted by atomic mass is 32.3. The lowest BCUT2D eigenvalue weighted by Crippen LogP contribution is -2.55. The average molecular weight is 497 g/mol. The van der Waals surface area contributed by atoms with E-state index in [1.165, 1.54) is 32.1 Å². The number of aliphatic carboxylic acids is 1. The van der Waals surface area contributed by atoms with Crippen LogP contribution < -0.4 is 0 Å². The summed E-state index contributed by atoms with van der Waals surface area (Å²) >= 11 is 0. The Morgan fingerprint density at radius 2 is 1.85 bits per heavy atom. The molecule has 3 unspecified atom stereocenters. The Bertz CT molecular complexity index is 910. The third-order valence-electron chi connectivity index (χ3n) is 10.4. The summed E-state index contributed by atoms with van der Waals surface area (Å²) in [6, 6.07) is 0. The zero-order valence-electron chi connectivity index (χ0n) is 21.3. The maximum atomic E-state index is 12.8. The minimum absolute atomic E-state index is 0.102. The van der Waals surface area contributed by atoms with Crippen molar-refractivity contribution >= 4 is 16.4 Å². The topological polar surface area (TPSA) is 101 Å². The van der Waals surface area contributed by atoms with Gasteiger partial charge in [0.1, 0.15) is 0 Å². The van der Waals surface area contributed by atoms with Gasteiger partial charge in [-0.1, -0.05) is 58.6 Å². The first-order valence-corrected chi connectivity index (χ1v) is 14.8. The lowest BCUT2D eigenvalue weighted by atomic mass is 9.46. The van der Waals surface area contributed by atoms with Gasteiger partial charge in [-0.3, -0.25) is 9.35 Å². The Balaban J connectivity index is 1.54. The van der Waals surface area contributed by atoms with Crippen LogP contribution >= 0.6 is 0 Å². The molecule has 6 nitrogen and oxygen atoms in total. The van der Waals surface area contributed by atoms with E-state index in [0.717, 1.165) is 36.7 Å². The molecule has 0 radical (unpaired) electrons. The summed E-state index contributed by atoms with van der Waals surface area (Å²) in [5.41, 5.74) is 0.195. The summed E-state index contributed by atoms with van der Waals surface area (Å²) in [6.45, 7) is 9.53. The summed E-state index contributed by atoms with van der Waals surface area (Å²) in [5, 5.41) is 10.5. The lowest BCUT2D eigenvalue weighted by molar-refractivity contribution is -0.159. The summed E-state index contributed by atoms with van der Waals surface area (Å²) in [6.07, 6.45) is 11.6. The van der Waals surface area contributed by atoms with Crippen molar-refractivity contribution in [1.29, 1.82) is 0 Å². The molecule has 0 aliphatic heterocycles. The van der Waals surface area contributed by atoms with E-state index in [2.05, 4.69) is 33.8 Å². The SMILES string of the molecule is CC(C)CCC[C@@H](C)[C@H]1CCC2C3CC=C4C[C@@H](OS(=O)(=O)O)CC[C@]4(C(=O)O)C3CC[C@@]21C. The molecule has 2 N–H and O–H groups in total. The van der Waals surface area contributed by atoms with E-state index in [0.29, 0.717) is 30.6 Å². The zero-order valence-corrected chi connectivity index (χ0v) is 22.1.